The van der Waals surface area contributed by atoms with Gasteiger partial charge in [-0.15, -0.1) is 6.58 Å². The van der Waals surface area contributed by atoms with Crippen LogP contribution in [0.5, 0.6) is 0 Å². The third-order valence-corrected chi connectivity index (χ3v) is 4.26. The van der Waals surface area contributed by atoms with E-state index >= 15 is 0 Å². The van der Waals surface area contributed by atoms with Gasteiger partial charge in [-0.2, -0.15) is 0 Å². The number of sulfonamides is 1. The Balaban J connectivity index is 3.37. The zero-order valence-corrected chi connectivity index (χ0v) is 11.7. The number of aryl methyl sites for hydroxylation is 1. The van der Waals surface area contributed by atoms with Crippen LogP contribution < -0.4 is 10.5 Å². The predicted octanol–water partition coefficient (Wildman–Crippen LogP) is 1.86. The summed E-state index contributed by atoms with van der Waals surface area (Å²) in [7, 11) is -3.52. The van der Waals surface area contributed by atoms with Crippen molar-refractivity contribution in [1.82, 2.24) is 4.72 Å². The molecule has 0 aliphatic rings. The number of nitrogen functional groups attached to an aromatic ring is 1. The quantitative estimate of drug-likeness (QED) is 0.611. The van der Waals surface area contributed by atoms with E-state index < -0.39 is 10.0 Å². The average Bonchev–Trinajstić information content (AvgIpc) is 2.35. The summed E-state index contributed by atoms with van der Waals surface area (Å²) in [5.41, 5.74) is 8.05. The minimum Gasteiger partial charge on any atom is -0.398 e. The molecule has 0 aromatic heterocycles. The Morgan fingerprint density at radius 1 is 1.33 bits per heavy atom. The largest absolute Gasteiger partial charge is 0.398 e. The Labute approximate surface area is 109 Å². The average molecular weight is 268 g/mol. The van der Waals surface area contributed by atoms with Crippen LogP contribution >= 0.6 is 0 Å². The molecule has 0 heterocycles. The minimum absolute atomic E-state index is 0.210. The van der Waals surface area contributed by atoms with Crippen molar-refractivity contribution in [1.29, 1.82) is 0 Å². The van der Waals surface area contributed by atoms with E-state index in [1.165, 1.54) is 6.08 Å². The van der Waals surface area contributed by atoms with Crippen LogP contribution in [-0.4, -0.2) is 15.0 Å². The molecule has 0 spiro atoms. The van der Waals surface area contributed by atoms with E-state index in [-0.39, 0.29) is 11.4 Å². The highest BCUT2D eigenvalue weighted by atomic mass is 32.2. The Bertz CT molecular complexity index is 536. The van der Waals surface area contributed by atoms with Crippen LogP contribution in [0.2, 0.25) is 0 Å². The van der Waals surface area contributed by atoms with Gasteiger partial charge >= 0.3 is 0 Å². The normalized spacial score (nSPS) is 11.4. The molecule has 3 N–H and O–H groups in total. The first kappa shape index (κ1) is 14.7. The van der Waals surface area contributed by atoms with Crippen molar-refractivity contribution in [2.75, 3.05) is 12.3 Å². The van der Waals surface area contributed by atoms with E-state index in [0.29, 0.717) is 17.7 Å². The fraction of sp³-hybridized carbons (Fsp3) is 0.385. The molecule has 0 saturated heterocycles. The predicted molar refractivity (Wildman–Crippen MR) is 75.0 cm³/mol. The highest BCUT2D eigenvalue weighted by Crippen LogP contribution is 2.25. The molecular weight excluding hydrogens is 248 g/mol. The van der Waals surface area contributed by atoms with Gasteiger partial charge in [0.05, 0.1) is 4.90 Å². The number of nitrogens with two attached hydrogens (primary N) is 1. The number of hydrogen-bond acceptors (Lipinski definition) is 3. The molecule has 0 saturated carbocycles. The Morgan fingerprint density at radius 2 is 2.00 bits per heavy atom. The molecule has 0 amide bonds. The molecule has 0 aliphatic heterocycles. The summed E-state index contributed by atoms with van der Waals surface area (Å²) in [6.07, 6.45) is 2.84. The smallest absolute Gasteiger partial charge is 0.241 e. The first-order valence-corrected chi connectivity index (χ1v) is 7.46. The molecule has 4 nitrogen and oxygen atoms in total. The van der Waals surface area contributed by atoms with Gasteiger partial charge in [0.2, 0.25) is 10.0 Å². The number of rotatable bonds is 6. The maximum atomic E-state index is 12.2. The van der Waals surface area contributed by atoms with Crippen LogP contribution in [0.25, 0.3) is 0 Å². The molecule has 1 rings (SSSR count). The molecule has 0 fully saturated rings. The third-order valence-electron chi connectivity index (χ3n) is 2.77. The summed E-state index contributed by atoms with van der Waals surface area (Å²) < 4.78 is 26.8. The van der Waals surface area contributed by atoms with Crippen LogP contribution in [0, 0.1) is 0 Å². The molecular formula is C13H20N2O2S. The van der Waals surface area contributed by atoms with E-state index in [4.69, 9.17) is 5.73 Å². The SMILES string of the molecule is C=CCNS(=O)(=O)c1cc(CC)cc(N)c1CC. The van der Waals surface area contributed by atoms with Crippen molar-refractivity contribution in [3.05, 3.63) is 35.9 Å². The van der Waals surface area contributed by atoms with Gasteiger partial charge in [0.25, 0.3) is 0 Å². The molecule has 0 aliphatic carbocycles. The molecule has 18 heavy (non-hydrogen) atoms. The van der Waals surface area contributed by atoms with Gasteiger partial charge in [-0.3, -0.25) is 0 Å². The van der Waals surface area contributed by atoms with Crippen molar-refractivity contribution in [3.8, 4) is 0 Å². The van der Waals surface area contributed by atoms with Crippen LogP contribution in [-0.2, 0) is 22.9 Å². The Hall–Kier alpha value is -1.33. The summed E-state index contributed by atoms with van der Waals surface area (Å²) in [4.78, 5) is 0.281. The first-order valence-electron chi connectivity index (χ1n) is 5.98. The molecule has 5 heteroatoms. The second kappa shape index (κ2) is 6.02. The number of benzene rings is 1. The molecule has 0 unspecified atom stereocenters. The lowest BCUT2D eigenvalue weighted by atomic mass is 10.1. The summed E-state index contributed by atoms with van der Waals surface area (Å²) in [5, 5.41) is 0. The maximum absolute atomic E-state index is 12.2. The Morgan fingerprint density at radius 3 is 2.50 bits per heavy atom. The fourth-order valence-electron chi connectivity index (χ4n) is 1.79. The van der Waals surface area contributed by atoms with Gasteiger partial charge in [-0.05, 0) is 36.1 Å². The number of anilines is 1. The first-order chi connectivity index (χ1) is 8.46. The molecule has 1 aromatic rings. The minimum atomic E-state index is -3.52. The summed E-state index contributed by atoms with van der Waals surface area (Å²) >= 11 is 0. The van der Waals surface area contributed by atoms with E-state index in [0.717, 1.165) is 12.0 Å². The molecule has 1 aromatic carbocycles. The molecule has 0 atom stereocenters. The summed E-state index contributed by atoms with van der Waals surface area (Å²) in [6.45, 7) is 7.57. The second-order valence-electron chi connectivity index (χ2n) is 4.01. The lowest BCUT2D eigenvalue weighted by Gasteiger charge is -2.14. The van der Waals surface area contributed by atoms with E-state index in [2.05, 4.69) is 11.3 Å². The highest BCUT2D eigenvalue weighted by Gasteiger charge is 2.19. The van der Waals surface area contributed by atoms with E-state index in [1.807, 2.05) is 19.9 Å². The monoisotopic (exact) mass is 268 g/mol. The van der Waals surface area contributed by atoms with Crippen LogP contribution in [0.1, 0.15) is 25.0 Å². The lowest BCUT2D eigenvalue weighted by molar-refractivity contribution is 0.584. The zero-order valence-electron chi connectivity index (χ0n) is 10.9. The zero-order chi connectivity index (χ0) is 13.8. The number of hydrogen-bond donors (Lipinski definition) is 2. The van der Waals surface area contributed by atoms with Crippen LogP contribution in [0.3, 0.4) is 0 Å². The van der Waals surface area contributed by atoms with Crippen LogP contribution in [0.4, 0.5) is 5.69 Å². The van der Waals surface area contributed by atoms with Crippen molar-refractivity contribution < 1.29 is 8.42 Å². The van der Waals surface area contributed by atoms with E-state index in [1.54, 1.807) is 6.07 Å². The maximum Gasteiger partial charge on any atom is 0.241 e. The summed E-state index contributed by atoms with van der Waals surface area (Å²) in [6, 6.07) is 3.53. The Kier molecular flexibility index (Phi) is 4.93. The molecule has 0 bridgehead atoms. The third kappa shape index (κ3) is 3.11. The van der Waals surface area contributed by atoms with Gasteiger partial charge in [0.15, 0.2) is 0 Å². The lowest BCUT2D eigenvalue weighted by Crippen LogP contribution is -2.25. The molecule has 0 radical (unpaired) electrons. The second-order valence-corrected chi connectivity index (χ2v) is 5.74. The standard InChI is InChI=1S/C13H20N2O2S/c1-4-7-15-18(16,17)13-9-10(5-2)8-12(14)11(13)6-3/h4,8-9,15H,1,5-7,14H2,2-3H3. The van der Waals surface area contributed by atoms with Crippen LogP contribution in [0.15, 0.2) is 29.7 Å². The van der Waals surface area contributed by atoms with Gasteiger partial charge in [-0.1, -0.05) is 19.9 Å². The highest BCUT2D eigenvalue weighted by molar-refractivity contribution is 7.89. The van der Waals surface area contributed by atoms with Gasteiger partial charge in [-0.25, -0.2) is 13.1 Å². The van der Waals surface area contributed by atoms with Crippen molar-refractivity contribution >= 4 is 15.7 Å². The van der Waals surface area contributed by atoms with Gasteiger partial charge in [0.1, 0.15) is 0 Å². The van der Waals surface area contributed by atoms with E-state index in [9.17, 15) is 8.42 Å². The summed E-state index contributed by atoms with van der Waals surface area (Å²) in [5.74, 6) is 0. The molecule has 100 valence electrons. The topological polar surface area (TPSA) is 72.2 Å². The van der Waals surface area contributed by atoms with Gasteiger partial charge in [0, 0.05) is 12.2 Å². The van der Waals surface area contributed by atoms with Crippen molar-refractivity contribution in [3.63, 3.8) is 0 Å². The fourth-order valence-corrected chi connectivity index (χ4v) is 3.18. The van der Waals surface area contributed by atoms with Crippen molar-refractivity contribution in [2.24, 2.45) is 0 Å². The number of nitrogens with one attached hydrogen (secondary N) is 1. The van der Waals surface area contributed by atoms with Crippen molar-refractivity contribution in [2.45, 2.75) is 31.6 Å². The van der Waals surface area contributed by atoms with Gasteiger partial charge < -0.3 is 5.73 Å².